The Balaban J connectivity index is 1.71. The lowest BCUT2D eigenvalue weighted by Gasteiger charge is -2.11. The number of para-hydroxylation sites is 1. The van der Waals surface area contributed by atoms with Gasteiger partial charge in [0.25, 0.3) is 0 Å². The van der Waals surface area contributed by atoms with Gasteiger partial charge in [0.15, 0.2) is 11.5 Å². The summed E-state index contributed by atoms with van der Waals surface area (Å²) in [5, 5.41) is 23.9. The van der Waals surface area contributed by atoms with Crippen molar-refractivity contribution in [3.63, 3.8) is 0 Å². The lowest BCUT2D eigenvalue weighted by Crippen LogP contribution is -2.10. The van der Waals surface area contributed by atoms with E-state index < -0.39 is 15.9 Å². The van der Waals surface area contributed by atoms with Gasteiger partial charge in [0, 0.05) is 0 Å². The zero-order valence-corrected chi connectivity index (χ0v) is 20.1. The van der Waals surface area contributed by atoms with Gasteiger partial charge in [0.1, 0.15) is 39.9 Å². The van der Waals surface area contributed by atoms with Crippen molar-refractivity contribution in [2.75, 3.05) is 12.8 Å². The van der Waals surface area contributed by atoms with Crippen LogP contribution < -0.4 is 14.7 Å². The first kappa shape index (κ1) is 25.0. The molecule has 1 aromatic heterocycles. The van der Waals surface area contributed by atoms with Crippen LogP contribution in [0.4, 0.5) is 10.2 Å². The maximum absolute atomic E-state index is 13.2. The van der Waals surface area contributed by atoms with E-state index in [-0.39, 0.29) is 39.0 Å². The van der Waals surface area contributed by atoms with Gasteiger partial charge in [-0.25, -0.2) is 9.07 Å². The lowest BCUT2D eigenvalue weighted by molar-refractivity contribution is 0.390. The van der Waals surface area contributed by atoms with Crippen LogP contribution in [0.15, 0.2) is 77.7 Å². The molecular formula is C26H18FN5O4S. The summed E-state index contributed by atoms with van der Waals surface area (Å²) < 4.78 is 50.2. The number of nitrogens with zero attached hydrogens (tertiary/aromatic N) is 4. The summed E-state index contributed by atoms with van der Waals surface area (Å²) in [5.74, 6) is -0.558. The molecule has 11 heteroatoms. The summed E-state index contributed by atoms with van der Waals surface area (Å²) in [5.41, 5.74) is 7.37. The van der Waals surface area contributed by atoms with E-state index in [0.717, 1.165) is 24.3 Å². The first-order valence-electron chi connectivity index (χ1n) is 10.6. The second kappa shape index (κ2) is 10.2. The number of hydrogen-bond acceptors (Lipinski definition) is 8. The predicted molar refractivity (Wildman–Crippen MR) is 133 cm³/mol. The van der Waals surface area contributed by atoms with Crippen LogP contribution in [-0.4, -0.2) is 25.3 Å². The smallest absolute Gasteiger partial charge is 0.339 e. The van der Waals surface area contributed by atoms with E-state index in [2.05, 4.69) is 5.10 Å². The first-order chi connectivity index (χ1) is 17.8. The van der Waals surface area contributed by atoms with Gasteiger partial charge in [-0.15, -0.1) is 0 Å². The Hall–Kier alpha value is -5.13. The van der Waals surface area contributed by atoms with Gasteiger partial charge >= 0.3 is 10.1 Å². The Bertz CT molecular complexity index is 1680. The third kappa shape index (κ3) is 5.12. The van der Waals surface area contributed by atoms with Gasteiger partial charge in [-0.1, -0.05) is 24.3 Å². The minimum Gasteiger partial charge on any atom is -0.493 e. The molecule has 0 spiro atoms. The number of nitrogen functional groups attached to an aromatic ring is 1. The van der Waals surface area contributed by atoms with Gasteiger partial charge in [-0.3, -0.25) is 0 Å². The topological polar surface area (TPSA) is 144 Å². The molecule has 0 saturated carbocycles. The number of nitriles is 2. The summed E-state index contributed by atoms with van der Waals surface area (Å²) in [6.45, 7) is 0. The molecule has 0 fully saturated rings. The zero-order valence-electron chi connectivity index (χ0n) is 19.3. The highest BCUT2D eigenvalue weighted by molar-refractivity contribution is 7.87. The maximum Gasteiger partial charge on any atom is 0.339 e. The second-order valence-electron chi connectivity index (χ2n) is 7.54. The van der Waals surface area contributed by atoms with Crippen molar-refractivity contribution in [2.45, 2.75) is 4.90 Å². The molecule has 0 bridgehead atoms. The van der Waals surface area contributed by atoms with Crippen LogP contribution in [0.5, 0.6) is 11.5 Å². The molecule has 0 amide bonds. The number of hydrogen-bond donors (Lipinski definition) is 1. The number of allylic oxidation sites excluding steroid dienone is 1. The summed E-state index contributed by atoms with van der Waals surface area (Å²) in [7, 11) is -2.94. The van der Waals surface area contributed by atoms with E-state index in [4.69, 9.17) is 14.7 Å². The molecule has 0 saturated heterocycles. The molecule has 9 nitrogen and oxygen atoms in total. The number of anilines is 1. The predicted octanol–water partition coefficient (Wildman–Crippen LogP) is 4.31. The van der Waals surface area contributed by atoms with Gasteiger partial charge < -0.3 is 14.7 Å². The molecule has 0 radical (unpaired) electrons. The van der Waals surface area contributed by atoms with Gasteiger partial charge in [-0.05, 0) is 60.2 Å². The Kier molecular flexibility index (Phi) is 6.91. The van der Waals surface area contributed by atoms with Crippen molar-refractivity contribution < 1.29 is 21.7 Å². The van der Waals surface area contributed by atoms with Gasteiger partial charge in [0.2, 0.25) is 0 Å². The highest BCUT2D eigenvalue weighted by Crippen LogP contribution is 2.33. The van der Waals surface area contributed by atoms with E-state index in [1.165, 1.54) is 36.1 Å². The van der Waals surface area contributed by atoms with E-state index in [9.17, 15) is 23.3 Å². The number of ether oxygens (including phenoxy) is 1. The average molecular weight is 516 g/mol. The third-order valence-electron chi connectivity index (χ3n) is 5.21. The quantitative estimate of drug-likeness (QED) is 0.283. The monoisotopic (exact) mass is 515 g/mol. The summed E-state index contributed by atoms with van der Waals surface area (Å²) in [6.07, 6.45) is 1.46. The molecule has 1 heterocycles. The van der Waals surface area contributed by atoms with Crippen LogP contribution in [-0.2, 0) is 10.1 Å². The lowest BCUT2D eigenvalue weighted by atomic mass is 10.1. The molecule has 4 aromatic rings. The van der Waals surface area contributed by atoms with Crippen molar-refractivity contribution in [1.82, 2.24) is 9.78 Å². The third-order valence-corrected chi connectivity index (χ3v) is 6.46. The standard InChI is InChI=1S/C26H18FN5O4S/c1-35-24-14-17(7-12-23(24)36-37(33,34)21-10-8-19(27)9-11-21)13-18(15-28)25-22(16-29)26(30)32(31-25)20-5-3-2-4-6-20/h2-14H,30H2,1H3/b18-13+. The fraction of sp³-hybridized carbons (Fsp3) is 0.0385. The molecule has 0 unspecified atom stereocenters. The fourth-order valence-corrected chi connectivity index (χ4v) is 4.37. The number of nitrogens with two attached hydrogens (primary N) is 1. The van der Waals surface area contributed by atoms with Crippen LogP contribution in [0.25, 0.3) is 17.3 Å². The second-order valence-corrected chi connectivity index (χ2v) is 9.09. The van der Waals surface area contributed by atoms with Crippen LogP contribution >= 0.6 is 0 Å². The van der Waals surface area contributed by atoms with Crippen LogP contribution in [0, 0.1) is 28.5 Å². The van der Waals surface area contributed by atoms with Crippen molar-refractivity contribution in [2.24, 2.45) is 0 Å². The van der Waals surface area contributed by atoms with Crippen molar-refractivity contribution in [1.29, 1.82) is 10.5 Å². The molecule has 2 N–H and O–H groups in total. The Morgan fingerprint density at radius 2 is 1.76 bits per heavy atom. The molecule has 37 heavy (non-hydrogen) atoms. The number of halogens is 1. The molecule has 0 aliphatic carbocycles. The van der Waals surface area contributed by atoms with Crippen molar-refractivity contribution in [3.05, 3.63) is 95.4 Å². The number of benzene rings is 3. The van der Waals surface area contributed by atoms with Gasteiger partial charge in [-0.2, -0.15) is 24.0 Å². The molecule has 0 aliphatic heterocycles. The van der Waals surface area contributed by atoms with Crippen molar-refractivity contribution >= 4 is 27.6 Å². The molecule has 0 atom stereocenters. The van der Waals surface area contributed by atoms with E-state index in [0.29, 0.717) is 11.3 Å². The van der Waals surface area contributed by atoms with Crippen molar-refractivity contribution in [3.8, 4) is 29.3 Å². The van der Waals surface area contributed by atoms with Crippen LogP contribution in [0.2, 0.25) is 0 Å². The van der Waals surface area contributed by atoms with E-state index in [1.807, 2.05) is 18.2 Å². The van der Waals surface area contributed by atoms with Crippen LogP contribution in [0.1, 0.15) is 16.8 Å². The summed E-state index contributed by atoms with van der Waals surface area (Å²) in [6, 6.07) is 21.4. The van der Waals surface area contributed by atoms with E-state index >= 15 is 0 Å². The summed E-state index contributed by atoms with van der Waals surface area (Å²) >= 11 is 0. The number of methoxy groups -OCH3 is 1. The SMILES string of the molecule is COc1cc(/C=C(\C#N)c2nn(-c3ccccc3)c(N)c2C#N)ccc1OS(=O)(=O)c1ccc(F)cc1. The molecule has 3 aromatic carbocycles. The minimum atomic E-state index is -4.26. The Morgan fingerprint density at radius 3 is 2.38 bits per heavy atom. The Labute approximate surface area is 212 Å². The minimum absolute atomic E-state index is 0.0361. The molecule has 0 aliphatic rings. The normalized spacial score (nSPS) is 11.4. The average Bonchev–Trinajstić information content (AvgIpc) is 3.24. The molecular weight excluding hydrogens is 497 g/mol. The first-order valence-corrected chi connectivity index (χ1v) is 12.0. The summed E-state index contributed by atoms with van der Waals surface area (Å²) in [4.78, 5) is -0.234. The molecule has 184 valence electrons. The zero-order chi connectivity index (χ0) is 26.6. The Morgan fingerprint density at radius 1 is 1.05 bits per heavy atom. The maximum atomic E-state index is 13.2. The van der Waals surface area contributed by atoms with Gasteiger partial charge in [0.05, 0.1) is 18.4 Å². The molecule has 4 rings (SSSR count). The highest BCUT2D eigenvalue weighted by atomic mass is 32.2. The number of aromatic nitrogens is 2. The largest absolute Gasteiger partial charge is 0.493 e. The fourth-order valence-electron chi connectivity index (χ4n) is 3.43. The van der Waals surface area contributed by atoms with Crippen LogP contribution in [0.3, 0.4) is 0 Å². The highest BCUT2D eigenvalue weighted by Gasteiger charge is 2.22. The number of rotatable bonds is 7. The van der Waals surface area contributed by atoms with E-state index in [1.54, 1.807) is 24.3 Å².